The van der Waals surface area contributed by atoms with Gasteiger partial charge in [0.15, 0.2) is 0 Å². The van der Waals surface area contributed by atoms with Gasteiger partial charge in [-0.1, -0.05) is 0 Å². The molecule has 0 bridgehead atoms. The van der Waals surface area contributed by atoms with E-state index in [9.17, 15) is 9.90 Å². The Labute approximate surface area is 113 Å². The molecule has 1 saturated heterocycles. The third-order valence-electron chi connectivity index (χ3n) is 3.38. The van der Waals surface area contributed by atoms with Crippen LogP contribution in [0.1, 0.15) is 34.6 Å². The lowest BCUT2D eigenvalue weighted by atomic mass is 10.0. The predicted molar refractivity (Wildman–Crippen MR) is 72.7 cm³/mol. The molecule has 0 radical (unpaired) electrons. The van der Waals surface area contributed by atoms with E-state index in [4.69, 9.17) is 4.74 Å². The smallest absolute Gasteiger partial charge is 0.339 e. The van der Waals surface area contributed by atoms with Crippen LogP contribution in [0.2, 0.25) is 0 Å². The van der Waals surface area contributed by atoms with E-state index in [1.807, 2.05) is 6.92 Å². The number of carboxylic acid groups (broad SMARTS) is 1. The molecule has 19 heavy (non-hydrogen) atoms. The SMILES string of the molecule is Cc1cc(NCC2CCCOC2)c(C(=O)O)c(C)n1. The van der Waals surface area contributed by atoms with Gasteiger partial charge in [-0.25, -0.2) is 4.79 Å². The number of ether oxygens (including phenoxy) is 1. The summed E-state index contributed by atoms with van der Waals surface area (Å²) < 4.78 is 5.43. The molecule has 2 heterocycles. The summed E-state index contributed by atoms with van der Waals surface area (Å²) in [5.74, 6) is -0.489. The minimum atomic E-state index is -0.938. The van der Waals surface area contributed by atoms with E-state index in [1.165, 1.54) is 0 Å². The first kappa shape index (κ1) is 13.8. The highest BCUT2D eigenvalue weighted by Gasteiger charge is 2.18. The minimum Gasteiger partial charge on any atom is -0.478 e. The summed E-state index contributed by atoms with van der Waals surface area (Å²) >= 11 is 0. The average molecular weight is 264 g/mol. The summed E-state index contributed by atoms with van der Waals surface area (Å²) in [5, 5.41) is 12.5. The monoisotopic (exact) mass is 264 g/mol. The van der Waals surface area contributed by atoms with E-state index >= 15 is 0 Å². The Kier molecular flexibility index (Phi) is 4.37. The highest BCUT2D eigenvalue weighted by molar-refractivity contribution is 5.95. The molecule has 1 aliphatic rings. The van der Waals surface area contributed by atoms with Gasteiger partial charge in [0.05, 0.1) is 18.0 Å². The van der Waals surface area contributed by atoms with Crippen molar-refractivity contribution in [3.63, 3.8) is 0 Å². The van der Waals surface area contributed by atoms with Crippen LogP contribution in [0.4, 0.5) is 5.69 Å². The van der Waals surface area contributed by atoms with E-state index in [0.717, 1.165) is 38.3 Å². The van der Waals surface area contributed by atoms with Crippen molar-refractivity contribution in [2.75, 3.05) is 25.1 Å². The fourth-order valence-corrected chi connectivity index (χ4v) is 2.46. The second-order valence-corrected chi connectivity index (χ2v) is 5.04. The normalized spacial score (nSPS) is 19.2. The average Bonchev–Trinajstić information content (AvgIpc) is 2.36. The number of carbonyl (C=O) groups is 1. The number of nitrogens with one attached hydrogen (secondary N) is 1. The molecular formula is C14H20N2O3. The van der Waals surface area contributed by atoms with E-state index in [1.54, 1.807) is 13.0 Å². The van der Waals surface area contributed by atoms with Crippen molar-refractivity contribution >= 4 is 11.7 Å². The lowest BCUT2D eigenvalue weighted by molar-refractivity contribution is 0.0595. The minimum absolute atomic E-state index is 0.266. The van der Waals surface area contributed by atoms with Crippen molar-refractivity contribution in [1.29, 1.82) is 0 Å². The maximum atomic E-state index is 11.3. The third-order valence-corrected chi connectivity index (χ3v) is 3.38. The van der Waals surface area contributed by atoms with Crippen molar-refractivity contribution in [1.82, 2.24) is 4.98 Å². The zero-order valence-corrected chi connectivity index (χ0v) is 11.4. The first-order valence-corrected chi connectivity index (χ1v) is 6.61. The van der Waals surface area contributed by atoms with Gasteiger partial charge in [0.25, 0.3) is 0 Å². The number of hydrogen-bond donors (Lipinski definition) is 2. The van der Waals surface area contributed by atoms with Crippen molar-refractivity contribution in [3.8, 4) is 0 Å². The molecule has 1 unspecified atom stereocenters. The van der Waals surface area contributed by atoms with Gasteiger partial charge in [-0.2, -0.15) is 0 Å². The Morgan fingerprint density at radius 2 is 2.37 bits per heavy atom. The predicted octanol–water partition coefficient (Wildman–Crippen LogP) is 2.24. The topological polar surface area (TPSA) is 71.5 Å². The molecule has 2 N–H and O–H groups in total. The van der Waals surface area contributed by atoms with Crippen LogP contribution in [0.3, 0.4) is 0 Å². The number of carboxylic acids is 1. The molecule has 1 atom stereocenters. The van der Waals surface area contributed by atoms with Gasteiger partial charge in [-0.15, -0.1) is 0 Å². The number of nitrogens with zero attached hydrogens (tertiary/aromatic N) is 1. The molecule has 0 spiro atoms. The van der Waals surface area contributed by atoms with E-state index < -0.39 is 5.97 Å². The van der Waals surface area contributed by atoms with Crippen molar-refractivity contribution < 1.29 is 14.6 Å². The summed E-state index contributed by atoms with van der Waals surface area (Å²) in [6, 6.07) is 1.79. The molecular weight excluding hydrogens is 244 g/mol. The van der Waals surface area contributed by atoms with Crippen LogP contribution in [0, 0.1) is 19.8 Å². The van der Waals surface area contributed by atoms with Crippen LogP contribution in [0.15, 0.2) is 6.07 Å². The lowest BCUT2D eigenvalue weighted by Gasteiger charge is -2.23. The summed E-state index contributed by atoms with van der Waals surface area (Å²) in [6.07, 6.45) is 2.20. The van der Waals surface area contributed by atoms with Crippen LogP contribution >= 0.6 is 0 Å². The molecule has 1 aromatic rings. The Bertz CT molecular complexity index is 468. The highest BCUT2D eigenvalue weighted by atomic mass is 16.5. The standard InChI is InChI=1S/C14H20N2O3/c1-9-6-12(13(14(17)18)10(2)16-9)15-7-11-4-3-5-19-8-11/h6,11H,3-5,7-8H2,1-2H3,(H,15,16)(H,17,18). The number of aromatic nitrogens is 1. The molecule has 1 aromatic heterocycles. The third kappa shape index (κ3) is 3.44. The van der Waals surface area contributed by atoms with E-state index in [-0.39, 0.29) is 5.56 Å². The van der Waals surface area contributed by atoms with Crippen LogP contribution in [-0.4, -0.2) is 35.8 Å². The highest BCUT2D eigenvalue weighted by Crippen LogP contribution is 2.21. The van der Waals surface area contributed by atoms with Gasteiger partial charge in [-0.3, -0.25) is 4.98 Å². The zero-order chi connectivity index (χ0) is 13.8. The second kappa shape index (κ2) is 6.02. The van der Waals surface area contributed by atoms with Gasteiger partial charge < -0.3 is 15.2 Å². The number of hydrogen-bond acceptors (Lipinski definition) is 4. The maximum absolute atomic E-state index is 11.3. The fourth-order valence-electron chi connectivity index (χ4n) is 2.46. The summed E-state index contributed by atoms with van der Waals surface area (Å²) in [5.41, 5.74) is 2.30. The summed E-state index contributed by atoms with van der Waals surface area (Å²) in [6.45, 7) is 5.92. The van der Waals surface area contributed by atoms with E-state index in [2.05, 4.69) is 10.3 Å². The number of aromatic carboxylic acids is 1. The lowest BCUT2D eigenvalue weighted by Crippen LogP contribution is -2.25. The molecule has 0 aliphatic carbocycles. The summed E-state index contributed by atoms with van der Waals surface area (Å²) in [7, 11) is 0. The molecule has 5 nitrogen and oxygen atoms in total. The molecule has 0 amide bonds. The van der Waals surface area contributed by atoms with Crippen LogP contribution < -0.4 is 5.32 Å². The zero-order valence-electron chi connectivity index (χ0n) is 11.4. The first-order valence-electron chi connectivity index (χ1n) is 6.61. The van der Waals surface area contributed by atoms with Crippen molar-refractivity contribution in [2.24, 2.45) is 5.92 Å². The van der Waals surface area contributed by atoms with Gasteiger partial charge in [0, 0.05) is 18.8 Å². The maximum Gasteiger partial charge on any atom is 0.339 e. The molecule has 104 valence electrons. The van der Waals surface area contributed by atoms with Gasteiger partial charge in [0.1, 0.15) is 5.56 Å². The van der Waals surface area contributed by atoms with Crippen molar-refractivity contribution in [2.45, 2.75) is 26.7 Å². The Morgan fingerprint density at radius 1 is 1.58 bits per heavy atom. The van der Waals surface area contributed by atoms with Crippen molar-refractivity contribution in [3.05, 3.63) is 23.0 Å². The van der Waals surface area contributed by atoms with Crippen LogP contribution in [0.25, 0.3) is 0 Å². The van der Waals surface area contributed by atoms with Crippen LogP contribution in [0.5, 0.6) is 0 Å². The second-order valence-electron chi connectivity index (χ2n) is 5.04. The van der Waals surface area contributed by atoms with Crippen LogP contribution in [-0.2, 0) is 4.74 Å². The largest absolute Gasteiger partial charge is 0.478 e. The quantitative estimate of drug-likeness (QED) is 0.872. The number of rotatable bonds is 4. The Morgan fingerprint density at radius 3 is 3.00 bits per heavy atom. The number of pyridine rings is 1. The Balaban J connectivity index is 2.12. The Hall–Kier alpha value is -1.62. The fraction of sp³-hybridized carbons (Fsp3) is 0.571. The summed E-state index contributed by atoms with van der Waals surface area (Å²) in [4.78, 5) is 15.5. The molecule has 5 heteroatoms. The van der Waals surface area contributed by atoms with Gasteiger partial charge >= 0.3 is 5.97 Å². The van der Waals surface area contributed by atoms with Gasteiger partial charge in [-0.05, 0) is 38.7 Å². The number of anilines is 1. The first-order chi connectivity index (χ1) is 9.08. The number of aryl methyl sites for hydroxylation is 2. The molecule has 1 fully saturated rings. The molecule has 2 rings (SSSR count). The molecule has 1 aliphatic heterocycles. The molecule has 0 aromatic carbocycles. The molecule has 0 saturated carbocycles. The van der Waals surface area contributed by atoms with Gasteiger partial charge in [0.2, 0.25) is 0 Å². The van der Waals surface area contributed by atoms with E-state index in [0.29, 0.717) is 17.3 Å².